The fraction of sp³-hybridized carbons (Fsp3) is 0.800. The van der Waals surface area contributed by atoms with Gasteiger partial charge in [0.2, 0.25) is 5.91 Å². The first-order chi connectivity index (χ1) is 19.8. The molecule has 0 aromatic heterocycles. The molecular weight excluding hydrogens is 553 g/mol. The summed E-state index contributed by atoms with van der Waals surface area (Å²) in [6.07, 6.45) is 4.84. The number of alkyl halides is 3. The molecule has 0 spiro atoms. The van der Waals surface area contributed by atoms with Crippen LogP contribution in [0.3, 0.4) is 0 Å². The molecule has 1 heterocycles. The molecule has 0 radical (unpaired) electrons. The van der Waals surface area contributed by atoms with E-state index in [1.54, 1.807) is 0 Å². The standard InChI is InChI=1S/C35H47F3N2O3/c1-29(2)10-12-34(28(42)40-19-35(36,37)38)13-11-33(7)26(22(34)16-29)21-18-43-23(21)14-25-31(5)15-20(17-39)27(41)30(3,4)24(31)8-9-32(25,33)6/h14-15,21-24,26H,8-13,16,18-19H2,1-7H3,(H,40,42)/t21?,22-,23?,24?,26-,31+,32-,33-,34+/m1/s1. The molecule has 6 rings (SSSR count). The Bertz CT molecular complexity index is 1360. The topological polar surface area (TPSA) is 79.2 Å². The van der Waals surface area contributed by atoms with E-state index >= 15 is 0 Å². The quantitative estimate of drug-likeness (QED) is 0.337. The maximum atomic E-state index is 13.9. The van der Waals surface area contributed by atoms with E-state index in [-0.39, 0.29) is 57.4 Å². The minimum atomic E-state index is -4.46. The average Bonchev–Trinajstić information content (AvgIpc) is 2.94. The molecule has 1 N–H and O–H groups in total. The van der Waals surface area contributed by atoms with Crippen molar-refractivity contribution in [3.05, 3.63) is 23.3 Å². The van der Waals surface area contributed by atoms with Gasteiger partial charge in [-0.3, -0.25) is 9.59 Å². The van der Waals surface area contributed by atoms with Gasteiger partial charge in [-0.15, -0.1) is 0 Å². The SMILES string of the molecule is CC1(C)CC[C@]2(C(=O)NCC(F)(F)F)CC[C@]3(C)[C@H](C4COC4C=C4[C@@]5(C)C=C(C#N)C(=O)C(C)(C)C5CC[C@]43C)[C@H]2C1. The molecule has 43 heavy (non-hydrogen) atoms. The zero-order valence-electron chi connectivity index (χ0n) is 26.7. The zero-order chi connectivity index (χ0) is 31.6. The normalized spacial score (nSPS) is 46.1. The lowest BCUT2D eigenvalue weighted by Crippen LogP contribution is -2.65. The van der Waals surface area contributed by atoms with Crippen LogP contribution in [-0.2, 0) is 14.3 Å². The molecule has 3 saturated carbocycles. The largest absolute Gasteiger partial charge is 0.405 e. The molecule has 9 atom stereocenters. The predicted octanol–water partition coefficient (Wildman–Crippen LogP) is 7.33. The van der Waals surface area contributed by atoms with Crippen LogP contribution in [0.5, 0.6) is 0 Å². The molecule has 1 saturated heterocycles. The summed E-state index contributed by atoms with van der Waals surface area (Å²) in [5.41, 5.74) is -1.13. The van der Waals surface area contributed by atoms with Crippen LogP contribution >= 0.6 is 0 Å². The maximum absolute atomic E-state index is 13.9. The van der Waals surface area contributed by atoms with Gasteiger partial charge in [0.25, 0.3) is 0 Å². The minimum Gasteiger partial charge on any atom is -0.373 e. The van der Waals surface area contributed by atoms with Crippen LogP contribution in [0.25, 0.3) is 0 Å². The molecule has 5 aliphatic carbocycles. The van der Waals surface area contributed by atoms with E-state index in [0.29, 0.717) is 19.4 Å². The van der Waals surface area contributed by atoms with Crippen molar-refractivity contribution < 1.29 is 27.5 Å². The van der Waals surface area contributed by atoms with Crippen LogP contribution in [-0.4, -0.2) is 37.1 Å². The van der Waals surface area contributed by atoms with Crippen molar-refractivity contribution in [3.8, 4) is 6.07 Å². The first-order valence-corrected chi connectivity index (χ1v) is 16.1. The van der Waals surface area contributed by atoms with Crippen molar-refractivity contribution in [3.63, 3.8) is 0 Å². The summed E-state index contributed by atoms with van der Waals surface area (Å²) in [7, 11) is 0. The number of ether oxygens (including phenoxy) is 1. The lowest BCUT2D eigenvalue weighted by Gasteiger charge is -2.68. The predicted molar refractivity (Wildman–Crippen MR) is 156 cm³/mol. The Labute approximate surface area is 254 Å². The van der Waals surface area contributed by atoms with Gasteiger partial charge in [0.1, 0.15) is 12.6 Å². The summed E-state index contributed by atoms with van der Waals surface area (Å²) in [5.74, 6) is -0.303. The lowest BCUT2D eigenvalue weighted by atomic mass is 9.36. The monoisotopic (exact) mass is 600 g/mol. The number of carbonyl (C=O) groups excluding carboxylic acids is 2. The number of ketones is 1. The fourth-order valence-electron chi connectivity index (χ4n) is 11.5. The molecule has 1 amide bonds. The molecule has 3 unspecified atom stereocenters. The number of nitrogens with zero attached hydrogens (tertiary/aromatic N) is 1. The van der Waals surface area contributed by atoms with Crippen LogP contribution in [0.1, 0.15) is 93.4 Å². The van der Waals surface area contributed by atoms with Gasteiger partial charge in [0.15, 0.2) is 5.78 Å². The van der Waals surface area contributed by atoms with Crippen LogP contribution in [0.2, 0.25) is 0 Å². The van der Waals surface area contributed by atoms with Gasteiger partial charge in [-0.05, 0) is 78.9 Å². The molecule has 236 valence electrons. The van der Waals surface area contributed by atoms with Gasteiger partial charge in [-0.2, -0.15) is 18.4 Å². The van der Waals surface area contributed by atoms with Crippen LogP contribution in [0.4, 0.5) is 13.2 Å². The Morgan fingerprint density at radius 1 is 1.07 bits per heavy atom. The Morgan fingerprint density at radius 2 is 1.74 bits per heavy atom. The van der Waals surface area contributed by atoms with E-state index < -0.39 is 34.9 Å². The van der Waals surface area contributed by atoms with Crippen LogP contribution < -0.4 is 5.32 Å². The maximum Gasteiger partial charge on any atom is 0.405 e. The Balaban J connectivity index is 1.49. The van der Waals surface area contributed by atoms with E-state index in [2.05, 4.69) is 52.1 Å². The fourth-order valence-corrected chi connectivity index (χ4v) is 11.5. The van der Waals surface area contributed by atoms with E-state index in [1.807, 2.05) is 19.9 Å². The van der Waals surface area contributed by atoms with Crippen molar-refractivity contribution in [1.82, 2.24) is 5.32 Å². The van der Waals surface area contributed by atoms with Gasteiger partial charge in [-0.1, -0.05) is 66.2 Å². The summed E-state index contributed by atoms with van der Waals surface area (Å²) in [5, 5.41) is 12.4. The van der Waals surface area contributed by atoms with Gasteiger partial charge in [-0.25, -0.2) is 0 Å². The second kappa shape index (κ2) is 9.21. The average molecular weight is 601 g/mol. The third-order valence-corrected chi connectivity index (χ3v) is 13.9. The van der Waals surface area contributed by atoms with Crippen molar-refractivity contribution >= 4 is 11.7 Å². The molecule has 0 aromatic carbocycles. The van der Waals surface area contributed by atoms with Crippen molar-refractivity contribution in [2.45, 2.75) is 106 Å². The summed E-state index contributed by atoms with van der Waals surface area (Å²) < 4.78 is 46.2. The molecule has 0 aromatic rings. The highest BCUT2D eigenvalue weighted by Gasteiger charge is 2.71. The van der Waals surface area contributed by atoms with E-state index in [4.69, 9.17) is 4.74 Å². The second-order valence-electron chi connectivity index (χ2n) is 16.8. The first-order valence-electron chi connectivity index (χ1n) is 16.1. The minimum absolute atomic E-state index is 0.0257. The van der Waals surface area contributed by atoms with Gasteiger partial charge < -0.3 is 10.1 Å². The number of amides is 1. The molecule has 6 aliphatic rings. The number of hydrogen-bond donors (Lipinski definition) is 1. The molecule has 5 nitrogen and oxygen atoms in total. The van der Waals surface area contributed by atoms with Crippen molar-refractivity contribution in [2.24, 2.45) is 56.2 Å². The number of nitrogens with one attached hydrogen (secondary N) is 1. The molecule has 4 fully saturated rings. The smallest absolute Gasteiger partial charge is 0.373 e. The highest BCUT2D eigenvalue weighted by atomic mass is 19.4. The molecule has 1 aliphatic heterocycles. The molecule has 8 heteroatoms. The number of carbonyl (C=O) groups is 2. The number of nitriles is 1. The van der Waals surface area contributed by atoms with E-state index in [9.17, 15) is 28.0 Å². The number of allylic oxidation sites excluding steroid dienone is 3. The number of halogens is 3. The Kier molecular flexibility index (Phi) is 6.61. The second-order valence-corrected chi connectivity index (χ2v) is 16.8. The summed E-state index contributed by atoms with van der Waals surface area (Å²) in [4.78, 5) is 27.3. The van der Waals surface area contributed by atoms with E-state index in [1.165, 1.54) is 5.57 Å². The summed E-state index contributed by atoms with van der Waals surface area (Å²) in [6, 6.07) is 2.21. The lowest BCUT2D eigenvalue weighted by molar-refractivity contribution is -0.216. The number of Topliss-reactive ketones (excluding diaryl/α,β-unsaturated/α-hetero) is 1. The summed E-state index contributed by atoms with van der Waals surface area (Å²) in [6.45, 7) is 14.6. The zero-order valence-corrected chi connectivity index (χ0v) is 26.7. The first kappa shape index (κ1) is 30.9. The highest BCUT2D eigenvalue weighted by Crippen LogP contribution is 2.75. The van der Waals surface area contributed by atoms with Crippen LogP contribution in [0, 0.1) is 67.5 Å². The number of fused-ring (bicyclic) bond motifs is 9. The highest BCUT2D eigenvalue weighted by molar-refractivity contribution is 6.04. The molecule has 0 bridgehead atoms. The third kappa shape index (κ3) is 4.11. The van der Waals surface area contributed by atoms with Gasteiger partial charge in [0, 0.05) is 16.7 Å². The van der Waals surface area contributed by atoms with Crippen molar-refractivity contribution in [1.29, 1.82) is 5.26 Å². The number of rotatable bonds is 2. The van der Waals surface area contributed by atoms with E-state index in [0.717, 1.165) is 32.1 Å². The Morgan fingerprint density at radius 3 is 2.35 bits per heavy atom. The van der Waals surface area contributed by atoms with Crippen LogP contribution in [0.15, 0.2) is 23.3 Å². The Hall–Kier alpha value is -2.14. The van der Waals surface area contributed by atoms with Gasteiger partial charge in [0.05, 0.1) is 23.7 Å². The molecular formula is C35H47F3N2O3. The number of hydrogen-bond acceptors (Lipinski definition) is 4. The summed E-state index contributed by atoms with van der Waals surface area (Å²) >= 11 is 0. The van der Waals surface area contributed by atoms with Crippen molar-refractivity contribution in [2.75, 3.05) is 13.2 Å². The van der Waals surface area contributed by atoms with Gasteiger partial charge >= 0.3 is 6.18 Å². The third-order valence-electron chi connectivity index (χ3n) is 13.9.